The molecule has 3 aromatic rings. The summed E-state index contributed by atoms with van der Waals surface area (Å²) in [5.74, 6) is 0. The van der Waals surface area contributed by atoms with E-state index >= 15 is 0 Å². The second-order valence-corrected chi connectivity index (χ2v) is 4.18. The molecule has 0 fully saturated rings. The van der Waals surface area contributed by atoms with E-state index in [-0.39, 0.29) is 0 Å². The molecule has 0 saturated carbocycles. The van der Waals surface area contributed by atoms with Crippen LogP contribution < -0.4 is 0 Å². The highest BCUT2D eigenvalue weighted by molar-refractivity contribution is 7.23. The Kier molecular flexibility index (Phi) is 1.76. The van der Waals surface area contributed by atoms with Gasteiger partial charge in [0.1, 0.15) is 4.83 Å². The van der Waals surface area contributed by atoms with E-state index in [0.717, 1.165) is 12.3 Å². The van der Waals surface area contributed by atoms with Crippen LogP contribution in [-0.2, 0) is 6.18 Å². The molecule has 3 rings (SSSR count). The normalized spacial score (nSPS) is 12.7. The molecule has 3 nitrogen and oxygen atoms in total. The van der Waals surface area contributed by atoms with E-state index in [9.17, 15) is 13.2 Å². The first kappa shape index (κ1) is 9.59. The van der Waals surface area contributed by atoms with Gasteiger partial charge in [0.15, 0.2) is 4.96 Å². The van der Waals surface area contributed by atoms with E-state index in [4.69, 9.17) is 0 Å². The van der Waals surface area contributed by atoms with Crippen molar-refractivity contribution in [2.24, 2.45) is 0 Å². The Morgan fingerprint density at radius 3 is 2.81 bits per heavy atom. The average molecular weight is 243 g/mol. The number of nitrogens with zero attached hydrogens (tertiary/aromatic N) is 3. The molecule has 3 aromatic heterocycles. The minimum Gasteiger partial charge on any atom is -0.289 e. The second-order valence-electron chi connectivity index (χ2n) is 3.23. The highest BCUT2D eigenvalue weighted by Gasteiger charge is 2.31. The van der Waals surface area contributed by atoms with Crippen LogP contribution in [0.4, 0.5) is 13.2 Å². The maximum Gasteiger partial charge on any atom is 0.417 e. The summed E-state index contributed by atoms with van der Waals surface area (Å²) in [4.78, 5) is 9.00. The molecule has 0 radical (unpaired) electrons. The predicted molar refractivity (Wildman–Crippen MR) is 53.4 cm³/mol. The lowest BCUT2D eigenvalue weighted by atomic mass is 10.3. The first-order valence-electron chi connectivity index (χ1n) is 4.34. The standard InChI is InChI=1S/C9H4F3N3S/c10-9(11,12)5-3-6-7(14-4-5)16-8-13-1-2-15(6)8/h1-4H. The van der Waals surface area contributed by atoms with Crippen LogP contribution in [0, 0.1) is 0 Å². The minimum absolute atomic E-state index is 0.437. The zero-order chi connectivity index (χ0) is 11.3. The van der Waals surface area contributed by atoms with Crippen molar-refractivity contribution in [1.29, 1.82) is 0 Å². The molecule has 0 atom stereocenters. The van der Waals surface area contributed by atoms with Gasteiger partial charge in [0.25, 0.3) is 0 Å². The number of rotatable bonds is 0. The Bertz CT molecular complexity index is 667. The van der Waals surface area contributed by atoms with Gasteiger partial charge < -0.3 is 0 Å². The van der Waals surface area contributed by atoms with Crippen LogP contribution in [0.25, 0.3) is 15.3 Å². The fraction of sp³-hybridized carbons (Fsp3) is 0.111. The first-order valence-corrected chi connectivity index (χ1v) is 5.16. The Balaban J connectivity index is 2.37. The molecule has 0 N–H and O–H groups in total. The van der Waals surface area contributed by atoms with Crippen LogP contribution in [0.3, 0.4) is 0 Å². The van der Waals surface area contributed by atoms with Gasteiger partial charge in [-0.15, -0.1) is 0 Å². The molecule has 82 valence electrons. The highest BCUT2D eigenvalue weighted by Crippen LogP contribution is 2.32. The SMILES string of the molecule is FC(F)(F)c1cnc2sc3nccn3c2c1. The van der Waals surface area contributed by atoms with E-state index in [0.29, 0.717) is 15.3 Å². The van der Waals surface area contributed by atoms with E-state index < -0.39 is 11.7 Å². The topological polar surface area (TPSA) is 30.2 Å². The van der Waals surface area contributed by atoms with Gasteiger partial charge in [0.2, 0.25) is 0 Å². The second kappa shape index (κ2) is 2.94. The van der Waals surface area contributed by atoms with Crippen molar-refractivity contribution in [3.63, 3.8) is 0 Å². The average Bonchev–Trinajstić information content (AvgIpc) is 2.74. The number of imidazole rings is 1. The molecule has 0 aromatic carbocycles. The monoisotopic (exact) mass is 243 g/mol. The molecule has 7 heteroatoms. The largest absolute Gasteiger partial charge is 0.417 e. The molecule has 0 aliphatic rings. The van der Waals surface area contributed by atoms with Crippen molar-refractivity contribution in [2.75, 3.05) is 0 Å². The van der Waals surface area contributed by atoms with Gasteiger partial charge in [-0.05, 0) is 6.07 Å². The summed E-state index contributed by atoms with van der Waals surface area (Å²) < 4.78 is 39.1. The van der Waals surface area contributed by atoms with E-state index in [2.05, 4.69) is 9.97 Å². The van der Waals surface area contributed by atoms with Crippen LogP contribution in [0.5, 0.6) is 0 Å². The van der Waals surface area contributed by atoms with Gasteiger partial charge in [-0.25, -0.2) is 9.97 Å². The molecule has 0 saturated heterocycles. The number of alkyl halides is 3. The molecular formula is C9H4F3N3S. The van der Waals surface area contributed by atoms with Gasteiger partial charge in [0, 0.05) is 18.6 Å². The zero-order valence-electron chi connectivity index (χ0n) is 7.69. The quantitative estimate of drug-likeness (QED) is 0.607. The Labute approximate surface area is 91.2 Å². The molecule has 0 amide bonds. The van der Waals surface area contributed by atoms with Crippen LogP contribution in [-0.4, -0.2) is 14.4 Å². The van der Waals surface area contributed by atoms with Crippen molar-refractivity contribution in [1.82, 2.24) is 14.4 Å². The van der Waals surface area contributed by atoms with Crippen LogP contribution in [0.15, 0.2) is 24.7 Å². The predicted octanol–water partition coefficient (Wildman–Crippen LogP) is 2.96. The summed E-state index contributed by atoms with van der Waals surface area (Å²) >= 11 is 1.26. The van der Waals surface area contributed by atoms with E-state index in [1.165, 1.54) is 11.3 Å². The third kappa shape index (κ3) is 1.28. The lowest BCUT2D eigenvalue weighted by Gasteiger charge is -2.04. The van der Waals surface area contributed by atoms with Crippen molar-refractivity contribution >= 4 is 26.6 Å². The molecule has 3 heterocycles. The molecular weight excluding hydrogens is 239 g/mol. The van der Waals surface area contributed by atoms with Gasteiger partial charge in [0.05, 0.1) is 11.1 Å². The molecule has 16 heavy (non-hydrogen) atoms. The summed E-state index contributed by atoms with van der Waals surface area (Å²) in [6.07, 6.45) is -0.351. The number of fused-ring (bicyclic) bond motifs is 3. The van der Waals surface area contributed by atoms with E-state index in [1.807, 2.05) is 0 Å². The third-order valence-electron chi connectivity index (χ3n) is 2.21. The van der Waals surface area contributed by atoms with Crippen LogP contribution >= 0.6 is 11.3 Å². The van der Waals surface area contributed by atoms with Crippen molar-refractivity contribution in [3.05, 3.63) is 30.2 Å². The molecule has 0 aliphatic carbocycles. The Morgan fingerprint density at radius 2 is 2.06 bits per heavy atom. The van der Waals surface area contributed by atoms with E-state index in [1.54, 1.807) is 16.8 Å². The van der Waals surface area contributed by atoms with Crippen molar-refractivity contribution in [3.8, 4) is 0 Å². The van der Waals surface area contributed by atoms with Crippen molar-refractivity contribution < 1.29 is 13.2 Å². The van der Waals surface area contributed by atoms with Crippen LogP contribution in [0.1, 0.15) is 5.56 Å². The summed E-state index contributed by atoms with van der Waals surface area (Å²) in [5, 5.41) is 0. The molecule has 0 bridgehead atoms. The fourth-order valence-corrected chi connectivity index (χ4v) is 2.39. The summed E-state index contributed by atoms with van der Waals surface area (Å²) in [6, 6.07) is 1.09. The number of pyridine rings is 1. The number of thiazole rings is 1. The summed E-state index contributed by atoms with van der Waals surface area (Å²) in [5.41, 5.74) is -0.305. The van der Waals surface area contributed by atoms with Gasteiger partial charge in [-0.2, -0.15) is 13.2 Å². The van der Waals surface area contributed by atoms with Gasteiger partial charge >= 0.3 is 6.18 Å². The summed E-state index contributed by atoms with van der Waals surface area (Å²) in [6.45, 7) is 0. The number of hydrogen-bond donors (Lipinski definition) is 0. The number of hydrogen-bond acceptors (Lipinski definition) is 3. The summed E-state index contributed by atoms with van der Waals surface area (Å²) in [7, 11) is 0. The Morgan fingerprint density at radius 1 is 1.25 bits per heavy atom. The minimum atomic E-state index is -4.37. The molecule has 0 aliphatic heterocycles. The third-order valence-corrected chi connectivity index (χ3v) is 3.21. The maximum atomic E-state index is 12.5. The van der Waals surface area contributed by atoms with Crippen molar-refractivity contribution in [2.45, 2.75) is 6.18 Å². The fourth-order valence-electron chi connectivity index (χ4n) is 1.48. The zero-order valence-corrected chi connectivity index (χ0v) is 8.51. The molecule has 0 unspecified atom stereocenters. The lowest BCUT2D eigenvalue weighted by Crippen LogP contribution is -2.05. The maximum absolute atomic E-state index is 12.5. The first-order chi connectivity index (χ1) is 7.55. The van der Waals surface area contributed by atoms with Gasteiger partial charge in [-0.3, -0.25) is 4.40 Å². The smallest absolute Gasteiger partial charge is 0.289 e. The number of halogens is 3. The Hall–Kier alpha value is -1.63. The lowest BCUT2D eigenvalue weighted by molar-refractivity contribution is -0.137. The van der Waals surface area contributed by atoms with Gasteiger partial charge in [-0.1, -0.05) is 11.3 Å². The highest BCUT2D eigenvalue weighted by atomic mass is 32.1. The molecule has 0 spiro atoms. The van der Waals surface area contributed by atoms with Crippen LogP contribution in [0.2, 0.25) is 0 Å². The number of aromatic nitrogens is 3.